The molecule has 0 atom stereocenters. The molecule has 2 fully saturated rings. The van der Waals surface area contributed by atoms with Gasteiger partial charge in [-0.3, -0.25) is 0 Å². The van der Waals surface area contributed by atoms with Crippen molar-refractivity contribution in [3.63, 3.8) is 0 Å². The van der Waals surface area contributed by atoms with Gasteiger partial charge in [-0.15, -0.1) is 11.3 Å². The molecule has 4 rings (SSSR count). The Morgan fingerprint density at radius 2 is 1.83 bits per heavy atom. The summed E-state index contributed by atoms with van der Waals surface area (Å²) in [5.74, 6) is 0.912. The van der Waals surface area contributed by atoms with Crippen molar-refractivity contribution in [2.24, 2.45) is 0 Å². The van der Waals surface area contributed by atoms with E-state index in [-0.39, 0.29) is 0 Å². The van der Waals surface area contributed by atoms with Crippen LogP contribution < -0.4 is 9.80 Å². The number of carboxylic acid groups (broad SMARTS) is 1. The lowest BCUT2D eigenvalue weighted by atomic mass is 10.3. The van der Waals surface area contributed by atoms with Crippen molar-refractivity contribution >= 4 is 38.5 Å². The highest BCUT2D eigenvalue weighted by Gasteiger charge is 2.24. The Morgan fingerprint density at radius 1 is 1.08 bits per heavy atom. The van der Waals surface area contributed by atoms with Crippen molar-refractivity contribution < 1.29 is 14.6 Å². The predicted molar refractivity (Wildman–Crippen MR) is 92.3 cm³/mol. The van der Waals surface area contributed by atoms with Crippen molar-refractivity contribution in [1.29, 1.82) is 0 Å². The fourth-order valence-electron chi connectivity index (χ4n) is 3.10. The van der Waals surface area contributed by atoms with E-state index < -0.39 is 6.09 Å². The number of amides is 1. The summed E-state index contributed by atoms with van der Waals surface area (Å²) >= 11 is 1.70. The van der Waals surface area contributed by atoms with Gasteiger partial charge in [0.15, 0.2) is 0 Å². The SMILES string of the molecule is O=C(O)N1CCN(c2ncnc3cc(N4CCOCC4)sc23)CC1. The molecule has 0 aromatic carbocycles. The first kappa shape index (κ1) is 15.4. The molecule has 8 nitrogen and oxygen atoms in total. The number of hydrogen-bond donors (Lipinski definition) is 1. The molecule has 0 spiro atoms. The van der Waals surface area contributed by atoms with E-state index in [0.29, 0.717) is 26.2 Å². The molecular formula is C15H19N5O3S. The largest absolute Gasteiger partial charge is 0.465 e. The minimum atomic E-state index is -0.854. The molecule has 0 saturated carbocycles. The van der Waals surface area contributed by atoms with Crippen molar-refractivity contribution in [1.82, 2.24) is 14.9 Å². The first-order valence-corrected chi connectivity index (χ1v) is 8.84. The van der Waals surface area contributed by atoms with E-state index in [1.807, 2.05) is 0 Å². The van der Waals surface area contributed by atoms with Gasteiger partial charge in [0.2, 0.25) is 0 Å². The van der Waals surface area contributed by atoms with Gasteiger partial charge in [0.1, 0.15) is 12.1 Å². The van der Waals surface area contributed by atoms with Crippen LogP contribution in [0, 0.1) is 0 Å². The number of rotatable bonds is 2. The summed E-state index contributed by atoms with van der Waals surface area (Å²) in [5.41, 5.74) is 0.951. The van der Waals surface area contributed by atoms with Crippen LogP contribution in [0.4, 0.5) is 15.6 Å². The highest BCUT2D eigenvalue weighted by atomic mass is 32.1. The molecule has 128 valence electrons. The Morgan fingerprint density at radius 3 is 2.54 bits per heavy atom. The third-order valence-corrected chi connectivity index (χ3v) is 5.63. The van der Waals surface area contributed by atoms with E-state index in [2.05, 4.69) is 25.8 Å². The van der Waals surface area contributed by atoms with Gasteiger partial charge in [0.25, 0.3) is 0 Å². The minimum Gasteiger partial charge on any atom is -0.465 e. The lowest BCUT2D eigenvalue weighted by molar-refractivity contribution is 0.123. The number of anilines is 2. The van der Waals surface area contributed by atoms with Crippen molar-refractivity contribution in [3.05, 3.63) is 12.4 Å². The van der Waals surface area contributed by atoms with E-state index in [9.17, 15) is 4.79 Å². The maximum atomic E-state index is 11.1. The number of ether oxygens (including phenoxy) is 1. The summed E-state index contributed by atoms with van der Waals surface area (Å²) in [7, 11) is 0. The van der Waals surface area contributed by atoms with Crippen LogP contribution in [-0.4, -0.2) is 78.5 Å². The van der Waals surface area contributed by atoms with Gasteiger partial charge in [0, 0.05) is 39.3 Å². The molecule has 0 unspecified atom stereocenters. The van der Waals surface area contributed by atoms with Gasteiger partial charge >= 0.3 is 6.09 Å². The first-order chi connectivity index (χ1) is 11.7. The summed E-state index contributed by atoms with van der Waals surface area (Å²) in [6, 6.07) is 2.12. The number of nitrogens with zero attached hydrogens (tertiary/aromatic N) is 5. The summed E-state index contributed by atoms with van der Waals surface area (Å²) in [6.45, 7) is 5.62. The molecule has 2 saturated heterocycles. The van der Waals surface area contributed by atoms with Crippen molar-refractivity contribution in [3.8, 4) is 0 Å². The molecule has 0 bridgehead atoms. The molecule has 1 amide bonds. The zero-order valence-corrected chi connectivity index (χ0v) is 14.0. The summed E-state index contributed by atoms with van der Waals surface area (Å²) in [6.07, 6.45) is 0.741. The zero-order chi connectivity index (χ0) is 16.5. The lowest BCUT2D eigenvalue weighted by Gasteiger charge is -2.33. The van der Waals surface area contributed by atoms with Crippen LogP contribution in [0.1, 0.15) is 0 Å². The van der Waals surface area contributed by atoms with Crippen molar-refractivity contribution in [2.45, 2.75) is 0 Å². The lowest BCUT2D eigenvalue weighted by Crippen LogP contribution is -2.48. The fraction of sp³-hybridized carbons (Fsp3) is 0.533. The molecule has 2 aromatic rings. The molecule has 2 aliphatic heterocycles. The van der Waals surface area contributed by atoms with Crippen LogP contribution in [0.2, 0.25) is 0 Å². The average molecular weight is 349 g/mol. The smallest absolute Gasteiger partial charge is 0.407 e. The monoisotopic (exact) mass is 349 g/mol. The van der Waals surface area contributed by atoms with Crippen LogP contribution in [0.5, 0.6) is 0 Å². The predicted octanol–water partition coefficient (Wildman–Crippen LogP) is 1.33. The number of aromatic nitrogens is 2. The van der Waals surface area contributed by atoms with Gasteiger partial charge in [-0.25, -0.2) is 14.8 Å². The Hall–Kier alpha value is -2.13. The molecule has 24 heavy (non-hydrogen) atoms. The first-order valence-electron chi connectivity index (χ1n) is 8.02. The van der Waals surface area contributed by atoms with Crippen molar-refractivity contribution in [2.75, 3.05) is 62.3 Å². The van der Waals surface area contributed by atoms with Crippen LogP contribution in [0.25, 0.3) is 10.2 Å². The third kappa shape index (κ3) is 2.84. The number of morpholine rings is 1. The Labute approximate surface area is 143 Å². The number of carbonyl (C=O) groups is 1. The number of fused-ring (bicyclic) bond motifs is 1. The normalized spacial score (nSPS) is 19.1. The van der Waals surface area contributed by atoms with Gasteiger partial charge in [-0.1, -0.05) is 0 Å². The standard InChI is InChI=1S/C15H19N5O3S/c21-15(22)20-3-1-19(2-4-20)14-13-11(16-10-17-14)9-12(24-13)18-5-7-23-8-6-18/h9-10H,1-8H2,(H,21,22). The third-order valence-electron chi connectivity index (χ3n) is 4.45. The topological polar surface area (TPSA) is 82.0 Å². The quantitative estimate of drug-likeness (QED) is 0.876. The Balaban J connectivity index is 1.59. The van der Waals surface area contributed by atoms with E-state index in [4.69, 9.17) is 9.84 Å². The summed E-state index contributed by atoms with van der Waals surface area (Å²) < 4.78 is 6.49. The van der Waals surface area contributed by atoms with Gasteiger partial charge in [-0.05, 0) is 6.07 Å². The van der Waals surface area contributed by atoms with Crippen LogP contribution in [0.3, 0.4) is 0 Å². The number of hydrogen-bond acceptors (Lipinski definition) is 7. The summed E-state index contributed by atoms with van der Waals surface area (Å²) in [5, 5.41) is 10.3. The zero-order valence-electron chi connectivity index (χ0n) is 13.2. The second-order valence-electron chi connectivity index (χ2n) is 5.85. The van der Waals surface area contributed by atoms with E-state index in [1.165, 1.54) is 9.90 Å². The second-order valence-corrected chi connectivity index (χ2v) is 6.88. The second kappa shape index (κ2) is 6.40. The summed E-state index contributed by atoms with van der Waals surface area (Å²) in [4.78, 5) is 25.9. The highest BCUT2D eigenvalue weighted by molar-refractivity contribution is 7.23. The number of piperazine rings is 1. The highest BCUT2D eigenvalue weighted by Crippen LogP contribution is 2.36. The van der Waals surface area contributed by atoms with E-state index in [0.717, 1.165) is 42.3 Å². The molecular weight excluding hydrogens is 330 g/mol. The molecule has 4 heterocycles. The number of thiophene rings is 1. The maximum Gasteiger partial charge on any atom is 0.407 e. The van der Waals surface area contributed by atoms with E-state index >= 15 is 0 Å². The molecule has 2 aliphatic rings. The van der Waals surface area contributed by atoms with Crippen LogP contribution >= 0.6 is 11.3 Å². The van der Waals surface area contributed by atoms with Gasteiger partial charge in [0.05, 0.1) is 28.4 Å². The maximum absolute atomic E-state index is 11.1. The molecule has 0 aliphatic carbocycles. The molecule has 1 N–H and O–H groups in total. The van der Waals surface area contributed by atoms with E-state index in [1.54, 1.807) is 17.7 Å². The van der Waals surface area contributed by atoms with Gasteiger partial charge < -0.3 is 24.5 Å². The van der Waals surface area contributed by atoms with Crippen LogP contribution in [-0.2, 0) is 4.74 Å². The fourth-order valence-corrected chi connectivity index (χ4v) is 4.28. The Kier molecular flexibility index (Phi) is 4.11. The molecule has 2 aromatic heterocycles. The van der Waals surface area contributed by atoms with Crippen LogP contribution in [0.15, 0.2) is 12.4 Å². The molecule has 9 heteroatoms. The average Bonchev–Trinajstić information content (AvgIpc) is 3.07. The Bertz CT molecular complexity index is 738. The minimum absolute atomic E-state index is 0.503. The molecule has 0 radical (unpaired) electrons. The van der Waals surface area contributed by atoms with Gasteiger partial charge in [-0.2, -0.15) is 0 Å².